The number of rotatable bonds is 3. The average Bonchev–Trinajstić information content (AvgIpc) is 2.26. The summed E-state index contributed by atoms with van der Waals surface area (Å²) < 4.78 is 67.1. The zero-order chi connectivity index (χ0) is 14.8. The molecule has 0 aliphatic carbocycles. The molecule has 1 aromatic rings. The van der Waals surface area contributed by atoms with Crippen LogP contribution in [-0.4, -0.2) is 17.6 Å². The first-order valence-electron chi connectivity index (χ1n) is 4.91. The minimum atomic E-state index is -4.99. The molecule has 1 aromatic heterocycles. The number of halogens is 6. The zero-order valence-electron chi connectivity index (χ0n) is 9.39. The van der Waals surface area contributed by atoms with Crippen LogP contribution >= 0.6 is 11.6 Å². The van der Waals surface area contributed by atoms with Crippen molar-refractivity contribution in [2.24, 2.45) is 0 Å². The lowest BCUT2D eigenvalue weighted by Crippen LogP contribution is -2.16. The first kappa shape index (κ1) is 15.6. The molecule has 1 heterocycles. The molecule has 0 aromatic carbocycles. The quantitative estimate of drug-likeness (QED) is 0.628. The second kappa shape index (κ2) is 5.68. The fourth-order valence-corrected chi connectivity index (χ4v) is 1.50. The number of nitrogens with zero attached hydrogens (tertiary/aromatic N) is 1. The van der Waals surface area contributed by atoms with Gasteiger partial charge in [-0.3, -0.25) is 0 Å². The highest BCUT2D eigenvalue weighted by Gasteiger charge is 2.38. The molecule has 0 unspecified atom stereocenters. The fourth-order valence-electron chi connectivity index (χ4n) is 1.24. The van der Waals surface area contributed by atoms with Gasteiger partial charge in [0.05, 0.1) is 17.2 Å². The second-order valence-corrected chi connectivity index (χ2v) is 3.68. The summed E-state index contributed by atoms with van der Waals surface area (Å²) in [5.41, 5.74) is -3.76. The Hall–Kier alpha value is -1.44. The van der Waals surface area contributed by atoms with Crippen LogP contribution in [0, 0.1) is 0 Å². The van der Waals surface area contributed by atoms with Gasteiger partial charge in [-0.1, -0.05) is 11.6 Å². The number of pyridine rings is 1. The third-order valence-electron chi connectivity index (χ3n) is 1.98. The molecule has 106 valence electrons. The lowest BCUT2D eigenvalue weighted by molar-refractivity contribution is -0.141. The van der Waals surface area contributed by atoms with Crippen molar-refractivity contribution in [2.75, 3.05) is 6.61 Å². The summed E-state index contributed by atoms with van der Waals surface area (Å²) in [5, 5.41) is -0.944. The number of aromatic nitrogens is 1. The van der Waals surface area contributed by atoms with E-state index in [-0.39, 0.29) is 6.61 Å². The molecule has 0 N–H and O–H groups in total. The summed E-state index contributed by atoms with van der Waals surface area (Å²) in [6.45, 7) is 1.29. The molecule has 0 aliphatic rings. The van der Waals surface area contributed by atoms with Gasteiger partial charge in [-0.2, -0.15) is 13.2 Å². The van der Waals surface area contributed by atoms with Crippen molar-refractivity contribution < 1.29 is 31.5 Å². The number of hydrogen-bond acceptors (Lipinski definition) is 3. The lowest BCUT2D eigenvalue weighted by atomic mass is 10.1. The Kier molecular flexibility index (Phi) is 4.67. The van der Waals surface area contributed by atoms with E-state index in [1.54, 1.807) is 0 Å². The Balaban J connectivity index is 3.42. The molecule has 0 atom stereocenters. The van der Waals surface area contributed by atoms with Crippen molar-refractivity contribution in [3.8, 4) is 0 Å². The van der Waals surface area contributed by atoms with E-state index >= 15 is 0 Å². The van der Waals surface area contributed by atoms with E-state index in [2.05, 4.69) is 9.72 Å². The van der Waals surface area contributed by atoms with Crippen LogP contribution in [0.15, 0.2) is 6.07 Å². The molecule has 0 bridgehead atoms. The van der Waals surface area contributed by atoms with Crippen LogP contribution in [0.4, 0.5) is 22.0 Å². The first-order valence-corrected chi connectivity index (χ1v) is 5.29. The van der Waals surface area contributed by atoms with Crippen molar-refractivity contribution >= 4 is 17.6 Å². The van der Waals surface area contributed by atoms with Crippen LogP contribution in [0.1, 0.15) is 35.1 Å². The SMILES string of the molecule is CCOC(=O)c1cc(Cl)c(C(F)(F)F)nc1C(F)F. The van der Waals surface area contributed by atoms with Gasteiger partial charge in [-0.15, -0.1) is 0 Å². The molecular formula is C10H7ClF5NO2. The van der Waals surface area contributed by atoms with Gasteiger partial charge in [-0.25, -0.2) is 18.6 Å². The van der Waals surface area contributed by atoms with Gasteiger partial charge >= 0.3 is 12.1 Å². The van der Waals surface area contributed by atoms with Gasteiger partial charge in [0.1, 0.15) is 5.69 Å². The van der Waals surface area contributed by atoms with Crippen molar-refractivity contribution in [3.63, 3.8) is 0 Å². The van der Waals surface area contributed by atoms with Crippen molar-refractivity contribution in [1.29, 1.82) is 0 Å². The van der Waals surface area contributed by atoms with Crippen LogP contribution in [-0.2, 0) is 10.9 Å². The molecule has 0 saturated heterocycles. The molecule has 0 aliphatic heterocycles. The summed E-state index contributed by atoms with van der Waals surface area (Å²) >= 11 is 5.30. The monoisotopic (exact) mass is 303 g/mol. The predicted molar refractivity (Wildman–Crippen MR) is 55.2 cm³/mol. The molecular weight excluding hydrogens is 297 g/mol. The largest absolute Gasteiger partial charge is 0.462 e. The highest BCUT2D eigenvalue weighted by molar-refractivity contribution is 6.31. The number of carbonyl (C=O) groups is 1. The van der Waals surface area contributed by atoms with Crippen LogP contribution in [0.25, 0.3) is 0 Å². The van der Waals surface area contributed by atoms with E-state index < -0.39 is 40.5 Å². The molecule has 9 heteroatoms. The Morgan fingerprint density at radius 1 is 1.47 bits per heavy atom. The highest BCUT2D eigenvalue weighted by atomic mass is 35.5. The maximum atomic E-state index is 12.6. The fraction of sp³-hybridized carbons (Fsp3) is 0.400. The van der Waals surface area contributed by atoms with Crippen LogP contribution < -0.4 is 0 Å². The molecule has 0 spiro atoms. The number of carbonyl (C=O) groups excluding carboxylic acids is 1. The number of hydrogen-bond donors (Lipinski definition) is 0. The van der Waals surface area contributed by atoms with Crippen molar-refractivity contribution in [2.45, 2.75) is 19.5 Å². The van der Waals surface area contributed by atoms with E-state index in [0.717, 1.165) is 0 Å². The number of ether oxygens (including phenoxy) is 1. The molecule has 0 amide bonds. The third-order valence-corrected chi connectivity index (χ3v) is 2.26. The maximum absolute atomic E-state index is 12.6. The molecule has 3 nitrogen and oxygen atoms in total. The van der Waals surface area contributed by atoms with Gasteiger partial charge < -0.3 is 4.74 Å². The van der Waals surface area contributed by atoms with E-state index in [4.69, 9.17) is 11.6 Å². The molecule has 0 fully saturated rings. The van der Waals surface area contributed by atoms with Gasteiger partial charge in [-0.05, 0) is 13.0 Å². The Morgan fingerprint density at radius 2 is 2.05 bits per heavy atom. The van der Waals surface area contributed by atoms with Gasteiger partial charge in [0.25, 0.3) is 6.43 Å². The highest BCUT2D eigenvalue weighted by Crippen LogP contribution is 2.36. The summed E-state index contributed by atoms with van der Waals surface area (Å²) in [5.74, 6) is -1.21. The van der Waals surface area contributed by atoms with Gasteiger partial charge in [0, 0.05) is 0 Å². The molecule has 0 saturated carbocycles. The average molecular weight is 304 g/mol. The number of alkyl halides is 5. The minimum absolute atomic E-state index is 0.125. The van der Waals surface area contributed by atoms with E-state index in [0.29, 0.717) is 6.07 Å². The topological polar surface area (TPSA) is 39.2 Å². The van der Waals surface area contributed by atoms with Crippen molar-refractivity contribution in [1.82, 2.24) is 4.98 Å². The molecule has 1 rings (SSSR count). The van der Waals surface area contributed by atoms with Crippen LogP contribution in [0.2, 0.25) is 5.02 Å². The second-order valence-electron chi connectivity index (χ2n) is 3.27. The summed E-state index contributed by atoms with van der Waals surface area (Å²) in [7, 11) is 0. The number of esters is 1. The summed E-state index contributed by atoms with van der Waals surface area (Å²) in [6, 6.07) is 0.483. The Morgan fingerprint density at radius 3 is 2.47 bits per heavy atom. The zero-order valence-corrected chi connectivity index (χ0v) is 10.1. The summed E-state index contributed by atoms with van der Waals surface area (Å²) in [6.07, 6.45) is -8.36. The van der Waals surface area contributed by atoms with Crippen LogP contribution in [0.5, 0.6) is 0 Å². The standard InChI is InChI=1S/C10H7ClF5NO2/c1-2-19-9(18)4-3-5(11)7(10(14,15)16)17-6(4)8(12)13/h3,8H,2H2,1H3. The maximum Gasteiger partial charge on any atom is 0.434 e. The smallest absolute Gasteiger partial charge is 0.434 e. The molecule has 19 heavy (non-hydrogen) atoms. The van der Waals surface area contributed by atoms with E-state index in [1.807, 2.05) is 0 Å². The van der Waals surface area contributed by atoms with Crippen molar-refractivity contribution in [3.05, 3.63) is 28.0 Å². The lowest BCUT2D eigenvalue weighted by Gasteiger charge is -2.13. The third kappa shape index (κ3) is 3.52. The van der Waals surface area contributed by atoms with Crippen LogP contribution in [0.3, 0.4) is 0 Å². The van der Waals surface area contributed by atoms with Gasteiger partial charge in [0.2, 0.25) is 0 Å². The Bertz CT molecular complexity index is 490. The normalized spacial score (nSPS) is 11.8. The first-order chi connectivity index (χ1) is 8.68. The van der Waals surface area contributed by atoms with E-state index in [1.165, 1.54) is 6.92 Å². The van der Waals surface area contributed by atoms with E-state index in [9.17, 15) is 26.7 Å². The minimum Gasteiger partial charge on any atom is -0.462 e. The molecule has 0 radical (unpaired) electrons. The Labute approximate surface area is 109 Å². The predicted octanol–water partition coefficient (Wildman–Crippen LogP) is 3.87. The summed E-state index contributed by atoms with van der Waals surface area (Å²) in [4.78, 5) is 14.1. The van der Waals surface area contributed by atoms with Gasteiger partial charge in [0.15, 0.2) is 5.69 Å².